The Bertz CT molecular complexity index is 472. The minimum Gasteiger partial charge on any atom is -0.347 e. The summed E-state index contributed by atoms with van der Waals surface area (Å²) in [5.74, 6) is -0.0512. The number of aromatic nitrogens is 3. The highest BCUT2D eigenvalue weighted by Gasteiger charge is 2.09. The standard InChI is InChI=1S/C12H16N4O/c1-2-5-16-6-3-4-11(16)12(17)13-7-10-8-14-15-9-10/h3-4,6,8-9H,2,5,7H2,1H3,(H,13,17)(H,14,15). The molecule has 0 aromatic carbocycles. The molecule has 90 valence electrons. The van der Waals surface area contributed by atoms with Gasteiger partial charge in [-0.05, 0) is 18.6 Å². The van der Waals surface area contributed by atoms with Gasteiger partial charge >= 0.3 is 0 Å². The van der Waals surface area contributed by atoms with Gasteiger partial charge in [0.25, 0.3) is 5.91 Å². The van der Waals surface area contributed by atoms with E-state index in [2.05, 4.69) is 22.4 Å². The zero-order valence-electron chi connectivity index (χ0n) is 9.81. The number of aryl methyl sites for hydroxylation is 1. The van der Waals surface area contributed by atoms with Crippen LogP contribution in [0.2, 0.25) is 0 Å². The van der Waals surface area contributed by atoms with Crippen LogP contribution in [0, 0.1) is 0 Å². The van der Waals surface area contributed by atoms with Crippen LogP contribution in [0.1, 0.15) is 29.4 Å². The van der Waals surface area contributed by atoms with Crippen molar-refractivity contribution >= 4 is 5.91 Å². The summed E-state index contributed by atoms with van der Waals surface area (Å²) in [6.45, 7) is 3.45. The number of H-pyrrole nitrogens is 1. The van der Waals surface area contributed by atoms with E-state index in [1.807, 2.05) is 22.9 Å². The first-order chi connectivity index (χ1) is 8.31. The van der Waals surface area contributed by atoms with Gasteiger partial charge in [-0.3, -0.25) is 9.89 Å². The summed E-state index contributed by atoms with van der Waals surface area (Å²) in [5.41, 5.74) is 1.67. The quantitative estimate of drug-likeness (QED) is 0.821. The van der Waals surface area contributed by atoms with E-state index in [0.717, 1.165) is 18.5 Å². The maximum absolute atomic E-state index is 11.9. The van der Waals surface area contributed by atoms with Crippen molar-refractivity contribution in [1.29, 1.82) is 0 Å². The predicted molar refractivity (Wildman–Crippen MR) is 64.5 cm³/mol. The molecule has 0 spiro atoms. The lowest BCUT2D eigenvalue weighted by Gasteiger charge is -2.07. The molecule has 2 aromatic heterocycles. The third-order valence-corrected chi connectivity index (χ3v) is 2.53. The molecule has 0 aliphatic rings. The molecule has 0 saturated heterocycles. The Hall–Kier alpha value is -2.04. The Kier molecular flexibility index (Phi) is 3.59. The van der Waals surface area contributed by atoms with Crippen molar-refractivity contribution in [2.75, 3.05) is 0 Å². The Morgan fingerprint density at radius 2 is 2.47 bits per heavy atom. The lowest BCUT2D eigenvalue weighted by atomic mass is 10.3. The number of amides is 1. The van der Waals surface area contributed by atoms with E-state index >= 15 is 0 Å². The Balaban J connectivity index is 1.97. The second-order valence-electron chi connectivity index (χ2n) is 3.88. The van der Waals surface area contributed by atoms with Gasteiger partial charge in [-0.1, -0.05) is 6.92 Å². The third kappa shape index (κ3) is 2.75. The number of nitrogens with zero attached hydrogens (tertiary/aromatic N) is 2. The Morgan fingerprint density at radius 3 is 3.18 bits per heavy atom. The van der Waals surface area contributed by atoms with Crippen LogP contribution in [0.3, 0.4) is 0 Å². The molecular formula is C12H16N4O. The van der Waals surface area contributed by atoms with Crippen molar-refractivity contribution in [1.82, 2.24) is 20.1 Å². The van der Waals surface area contributed by atoms with E-state index in [0.29, 0.717) is 12.2 Å². The van der Waals surface area contributed by atoms with E-state index in [1.165, 1.54) is 0 Å². The van der Waals surface area contributed by atoms with Crippen LogP contribution in [0.25, 0.3) is 0 Å². The first-order valence-electron chi connectivity index (χ1n) is 5.72. The summed E-state index contributed by atoms with van der Waals surface area (Å²) >= 11 is 0. The molecule has 17 heavy (non-hydrogen) atoms. The topological polar surface area (TPSA) is 62.7 Å². The van der Waals surface area contributed by atoms with Crippen LogP contribution >= 0.6 is 0 Å². The van der Waals surface area contributed by atoms with Gasteiger partial charge in [-0.25, -0.2) is 0 Å². The molecule has 2 rings (SSSR count). The van der Waals surface area contributed by atoms with Gasteiger partial charge in [0, 0.05) is 31.0 Å². The van der Waals surface area contributed by atoms with E-state index < -0.39 is 0 Å². The van der Waals surface area contributed by atoms with Crippen LogP contribution in [-0.2, 0) is 13.1 Å². The minimum atomic E-state index is -0.0512. The minimum absolute atomic E-state index is 0.0512. The summed E-state index contributed by atoms with van der Waals surface area (Å²) in [6, 6.07) is 3.72. The number of nitrogens with one attached hydrogen (secondary N) is 2. The fraction of sp³-hybridized carbons (Fsp3) is 0.333. The fourth-order valence-electron chi connectivity index (χ4n) is 1.70. The van der Waals surface area contributed by atoms with Crippen molar-refractivity contribution in [3.05, 3.63) is 42.0 Å². The molecule has 2 heterocycles. The number of aromatic amines is 1. The molecule has 1 amide bonds. The summed E-state index contributed by atoms with van der Waals surface area (Å²) < 4.78 is 1.96. The normalized spacial score (nSPS) is 10.4. The van der Waals surface area contributed by atoms with Gasteiger partial charge in [-0.15, -0.1) is 0 Å². The fourth-order valence-corrected chi connectivity index (χ4v) is 1.70. The molecular weight excluding hydrogens is 216 g/mol. The van der Waals surface area contributed by atoms with Gasteiger partial charge in [0.1, 0.15) is 5.69 Å². The monoisotopic (exact) mass is 232 g/mol. The number of hydrogen-bond acceptors (Lipinski definition) is 2. The summed E-state index contributed by atoms with van der Waals surface area (Å²) in [4.78, 5) is 11.9. The first kappa shape index (κ1) is 11.4. The Morgan fingerprint density at radius 1 is 1.59 bits per heavy atom. The van der Waals surface area contributed by atoms with Crippen LogP contribution in [0.5, 0.6) is 0 Å². The van der Waals surface area contributed by atoms with Gasteiger partial charge in [0.05, 0.1) is 6.20 Å². The van der Waals surface area contributed by atoms with Crippen LogP contribution in [-0.4, -0.2) is 20.7 Å². The molecule has 0 radical (unpaired) electrons. The second-order valence-corrected chi connectivity index (χ2v) is 3.88. The zero-order valence-corrected chi connectivity index (χ0v) is 9.81. The number of carbonyl (C=O) groups excluding carboxylic acids is 1. The first-order valence-corrected chi connectivity index (χ1v) is 5.72. The molecule has 0 unspecified atom stereocenters. The molecule has 5 heteroatoms. The van der Waals surface area contributed by atoms with Gasteiger partial charge in [-0.2, -0.15) is 5.10 Å². The van der Waals surface area contributed by atoms with Crippen molar-refractivity contribution in [3.8, 4) is 0 Å². The highest BCUT2D eigenvalue weighted by Crippen LogP contribution is 2.04. The lowest BCUT2D eigenvalue weighted by molar-refractivity contribution is 0.0941. The van der Waals surface area contributed by atoms with E-state index in [9.17, 15) is 4.79 Å². The van der Waals surface area contributed by atoms with Gasteiger partial charge < -0.3 is 9.88 Å². The Labute approximate surface area is 99.8 Å². The average molecular weight is 232 g/mol. The smallest absolute Gasteiger partial charge is 0.268 e. The maximum Gasteiger partial charge on any atom is 0.268 e. The van der Waals surface area contributed by atoms with Crippen LogP contribution in [0.15, 0.2) is 30.7 Å². The molecule has 0 bridgehead atoms. The third-order valence-electron chi connectivity index (χ3n) is 2.53. The number of carbonyl (C=O) groups is 1. The highest BCUT2D eigenvalue weighted by molar-refractivity contribution is 5.92. The molecule has 0 aliphatic heterocycles. The summed E-state index contributed by atoms with van der Waals surface area (Å²) in [6.07, 6.45) is 6.41. The molecule has 0 fully saturated rings. The number of hydrogen-bond donors (Lipinski definition) is 2. The van der Waals surface area contributed by atoms with Crippen LogP contribution < -0.4 is 5.32 Å². The number of rotatable bonds is 5. The average Bonchev–Trinajstić information content (AvgIpc) is 2.97. The van der Waals surface area contributed by atoms with Gasteiger partial charge in [0.15, 0.2) is 0 Å². The predicted octanol–water partition coefficient (Wildman–Crippen LogP) is 1.55. The van der Waals surface area contributed by atoms with E-state index in [-0.39, 0.29) is 5.91 Å². The molecule has 0 atom stereocenters. The molecule has 5 nitrogen and oxygen atoms in total. The lowest BCUT2D eigenvalue weighted by Crippen LogP contribution is -2.25. The van der Waals surface area contributed by atoms with Crippen molar-refractivity contribution in [3.63, 3.8) is 0 Å². The largest absolute Gasteiger partial charge is 0.347 e. The van der Waals surface area contributed by atoms with Crippen LogP contribution in [0.4, 0.5) is 0 Å². The second kappa shape index (κ2) is 5.34. The molecule has 2 aromatic rings. The molecule has 0 saturated carbocycles. The van der Waals surface area contributed by atoms with E-state index in [4.69, 9.17) is 0 Å². The van der Waals surface area contributed by atoms with Crippen molar-refractivity contribution < 1.29 is 4.79 Å². The van der Waals surface area contributed by atoms with E-state index in [1.54, 1.807) is 12.4 Å². The van der Waals surface area contributed by atoms with Crippen molar-refractivity contribution in [2.24, 2.45) is 0 Å². The molecule has 0 aliphatic carbocycles. The molecule has 2 N–H and O–H groups in total. The summed E-state index contributed by atoms with van der Waals surface area (Å²) in [5, 5.41) is 9.41. The summed E-state index contributed by atoms with van der Waals surface area (Å²) in [7, 11) is 0. The SMILES string of the molecule is CCCn1cccc1C(=O)NCc1cn[nH]c1. The van der Waals surface area contributed by atoms with Gasteiger partial charge in [0.2, 0.25) is 0 Å². The maximum atomic E-state index is 11.9. The highest BCUT2D eigenvalue weighted by atomic mass is 16.1. The van der Waals surface area contributed by atoms with Crippen molar-refractivity contribution in [2.45, 2.75) is 26.4 Å². The zero-order chi connectivity index (χ0) is 12.1.